The summed E-state index contributed by atoms with van der Waals surface area (Å²) in [4.78, 5) is 2.30. The van der Waals surface area contributed by atoms with Crippen LogP contribution in [-0.2, 0) is 6.54 Å². The Bertz CT molecular complexity index is 354. The van der Waals surface area contributed by atoms with Crippen molar-refractivity contribution < 1.29 is 9.84 Å². The van der Waals surface area contributed by atoms with Crippen LogP contribution in [0.2, 0.25) is 0 Å². The first-order valence-electron chi connectivity index (χ1n) is 6.40. The molecule has 2 rings (SSSR count). The molecule has 1 saturated heterocycles. The second-order valence-electron chi connectivity index (χ2n) is 4.61. The minimum atomic E-state index is -0.154. The lowest BCUT2D eigenvalue weighted by molar-refractivity contribution is 0.0668. The molecule has 94 valence electrons. The van der Waals surface area contributed by atoms with Crippen molar-refractivity contribution in [1.82, 2.24) is 4.90 Å². The second kappa shape index (κ2) is 6.03. The Morgan fingerprint density at radius 1 is 1.47 bits per heavy atom. The fourth-order valence-electron chi connectivity index (χ4n) is 2.33. The fourth-order valence-corrected chi connectivity index (χ4v) is 2.33. The van der Waals surface area contributed by atoms with Gasteiger partial charge in [0.1, 0.15) is 5.75 Å². The molecule has 1 heterocycles. The SMILES string of the molecule is CCOc1cccc(CN2CCCC(O)C2)c1. The van der Waals surface area contributed by atoms with Gasteiger partial charge in [-0.3, -0.25) is 4.90 Å². The van der Waals surface area contributed by atoms with Gasteiger partial charge in [-0.1, -0.05) is 12.1 Å². The zero-order valence-electron chi connectivity index (χ0n) is 10.4. The van der Waals surface area contributed by atoms with Crippen molar-refractivity contribution in [1.29, 1.82) is 0 Å². The molecule has 0 spiro atoms. The van der Waals surface area contributed by atoms with E-state index in [0.29, 0.717) is 6.61 Å². The molecule has 1 N–H and O–H groups in total. The lowest BCUT2D eigenvalue weighted by Gasteiger charge is -2.30. The van der Waals surface area contributed by atoms with E-state index in [4.69, 9.17) is 4.74 Å². The Balaban J connectivity index is 1.95. The summed E-state index contributed by atoms with van der Waals surface area (Å²) >= 11 is 0. The number of hydrogen-bond donors (Lipinski definition) is 1. The molecular formula is C14H21NO2. The van der Waals surface area contributed by atoms with Crippen molar-refractivity contribution in [3.8, 4) is 5.75 Å². The molecule has 1 atom stereocenters. The minimum absolute atomic E-state index is 0.154. The van der Waals surface area contributed by atoms with Gasteiger partial charge in [-0.25, -0.2) is 0 Å². The lowest BCUT2D eigenvalue weighted by atomic mass is 10.1. The highest BCUT2D eigenvalue weighted by molar-refractivity contribution is 5.28. The van der Waals surface area contributed by atoms with Gasteiger partial charge in [-0.05, 0) is 44.0 Å². The van der Waals surface area contributed by atoms with Crippen molar-refractivity contribution in [2.45, 2.75) is 32.4 Å². The van der Waals surface area contributed by atoms with E-state index in [1.165, 1.54) is 5.56 Å². The average Bonchev–Trinajstić information content (AvgIpc) is 2.30. The third kappa shape index (κ3) is 3.72. The lowest BCUT2D eigenvalue weighted by Crippen LogP contribution is -2.37. The highest BCUT2D eigenvalue weighted by atomic mass is 16.5. The van der Waals surface area contributed by atoms with E-state index in [-0.39, 0.29) is 6.10 Å². The van der Waals surface area contributed by atoms with Crippen molar-refractivity contribution in [2.24, 2.45) is 0 Å². The minimum Gasteiger partial charge on any atom is -0.494 e. The van der Waals surface area contributed by atoms with Crippen LogP contribution in [0.25, 0.3) is 0 Å². The summed E-state index contributed by atoms with van der Waals surface area (Å²) in [6.45, 7) is 5.46. The summed E-state index contributed by atoms with van der Waals surface area (Å²) in [5.41, 5.74) is 1.25. The molecule has 3 nitrogen and oxygen atoms in total. The number of β-amino-alcohol motifs (C(OH)–C–C–N with tert-alkyl or cyclic N) is 1. The summed E-state index contributed by atoms with van der Waals surface area (Å²) in [6.07, 6.45) is 1.88. The Kier molecular flexibility index (Phi) is 4.40. The molecule has 1 unspecified atom stereocenters. The number of aliphatic hydroxyl groups is 1. The first-order chi connectivity index (χ1) is 8.28. The summed E-state index contributed by atoms with van der Waals surface area (Å²) in [5.74, 6) is 0.933. The van der Waals surface area contributed by atoms with E-state index in [2.05, 4.69) is 17.0 Å². The molecular weight excluding hydrogens is 214 g/mol. The fraction of sp³-hybridized carbons (Fsp3) is 0.571. The Hall–Kier alpha value is -1.06. The van der Waals surface area contributed by atoms with E-state index >= 15 is 0 Å². The van der Waals surface area contributed by atoms with Crippen molar-refractivity contribution in [2.75, 3.05) is 19.7 Å². The van der Waals surface area contributed by atoms with Crippen LogP contribution in [0.15, 0.2) is 24.3 Å². The van der Waals surface area contributed by atoms with Crippen molar-refractivity contribution in [3.05, 3.63) is 29.8 Å². The number of benzene rings is 1. The maximum absolute atomic E-state index is 9.63. The third-order valence-electron chi connectivity index (χ3n) is 3.10. The highest BCUT2D eigenvalue weighted by Gasteiger charge is 2.17. The van der Waals surface area contributed by atoms with Gasteiger partial charge in [0, 0.05) is 13.1 Å². The number of likely N-dealkylation sites (tertiary alicyclic amines) is 1. The number of aliphatic hydroxyl groups excluding tert-OH is 1. The van der Waals surface area contributed by atoms with Crippen LogP contribution in [0.4, 0.5) is 0 Å². The quantitative estimate of drug-likeness (QED) is 0.867. The van der Waals surface area contributed by atoms with Gasteiger partial charge in [0.2, 0.25) is 0 Å². The largest absolute Gasteiger partial charge is 0.494 e. The Morgan fingerprint density at radius 3 is 3.12 bits per heavy atom. The van der Waals surface area contributed by atoms with E-state index < -0.39 is 0 Å². The molecule has 0 saturated carbocycles. The first kappa shape index (κ1) is 12.4. The smallest absolute Gasteiger partial charge is 0.119 e. The maximum atomic E-state index is 9.63. The van der Waals surface area contributed by atoms with Crippen LogP contribution >= 0.6 is 0 Å². The zero-order valence-corrected chi connectivity index (χ0v) is 10.4. The molecule has 0 radical (unpaired) electrons. The number of hydrogen-bond acceptors (Lipinski definition) is 3. The molecule has 1 aliphatic heterocycles. The topological polar surface area (TPSA) is 32.7 Å². The predicted octanol–water partition coefficient (Wildman–Crippen LogP) is 2.04. The van der Waals surface area contributed by atoms with Crippen molar-refractivity contribution in [3.63, 3.8) is 0 Å². The summed E-state index contributed by atoms with van der Waals surface area (Å²) in [7, 11) is 0. The third-order valence-corrected chi connectivity index (χ3v) is 3.10. The van der Waals surface area contributed by atoms with Crippen LogP contribution in [0.1, 0.15) is 25.3 Å². The standard InChI is InChI=1S/C14H21NO2/c1-2-17-14-7-3-5-12(9-14)10-15-8-4-6-13(16)11-15/h3,5,7,9,13,16H,2,4,6,8,10-11H2,1H3. The molecule has 3 heteroatoms. The number of rotatable bonds is 4. The van der Waals surface area contributed by atoms with E-state index in [9.17, 15) is 5.11 Å². The summed E-state index contributed by atoms with van der Waals surface area (Å²) in [6, 6.07) is 8.22. The molecule has 1 fully saturated rings. The monoisotopic (exact) mass is 235 g/mol. The molecule has 0 aliphatic carbocycles. The molecule has 1 aromatic carbocycles. The van der Waals surface area contributed by atoms with Gasteiger partial charge in [0.25, 0.3) is 0 Å². The first-order valence-corrected chi connectivity index (χ1v) is 6.40. The summed E-state index contributed by atoms with van der Waals surface area (Å²) < 4.78 is 5.49. The van der Waals surface area contributed by atoms with E-state index in [1.807, 2.05) is 19.1 Å². The molecule has 1 aliphatic rings. The van der Waals surface area contributed by atoms with E-state index in [1.54, 1.807) is 0 Å². The van der Waals surface area contributed by atoms with E-state index in [0.717, 1.165) is 38.2 Å². The number of nitrogens with zero attached hydrogens (tertiary/aromatic N) is 1. The second-order valence-corrected chi connectivity index (χ2v) is 4.61. The highest BCUT2D eigenvalue weighted by Crippen LogP contribution is 2.17. The van der Waals surface area contributed by atoms with Gasteiger partial charge in [0.05, 0.1) is 12.7 Å². The van der Waals surface area contributed by atoms with Crippen LogP contribution in [0.5, 0.6) is 5.75 Å². The molecule has 0 aromatic heterocycles. The van der Waals surface area contributed by atoms with Crippen LogP contribution in [0.3, 0.4) is 0 Å². The maximum Gasteiger partial charge on any atom is 0.119 e. The van der Waals surface area contributed by atoms with Crippen LogP contribution in [0, 0.1) is 0 Å². The number of ether oxygens (including phenoxy) is 1. The van der Waals surface area contributed by atoms with Gasteiger partial charge < -0.3 is 9.84 Å². The van der Waals surface area contributed by atoms with Crippen molar-refractivity contribution >= 4 is 0 Å². The predicted molar refractivity (Wildman–Crippen MR) is 68.1 cm³/mol. The van der Waals surface area contributed by atoms with Gasteiger partial charge in [-0.2, -0.15) is 0 Å². The normalized spacial score (nSPS) is 21.4. The molecule has 1 aromatic rings. The summed E-state index contributed by atoms with van der Waals surface area (Å²) in [5, 5.41) is 9.63. The van der Waals surface area contributed by atoms with Crippen LogP contribution < -0.4 is 4.74 Å². The molecule has 0 amide bonds. The van der Waals surface area contributed by atoms with Gasteiger partial charge in [-0.15, -0.1) is 0 Å². The van der Waals surface area contributed by atoms with Crippen LogP contribution in [-0.4, -0.2) is 35.8 Å². The Morgan fingerprint density at radius 2 is 2.35 bits per heavy atom. The zero-order chi connectivity index (χ0) is 12.1. The van der Waals surface area contributed by atoms with Gasteiger partial charge in [0.15, 0.2) is 0 Å². The van der Waals surface area contributed by atoms with Gasteiger partial charge >= 0.3 is 0 Å². The Labute approximate surface area is 103 Å². The molecule has 0 bridgehead atoms. The molecule has 17 heavy (non-hydrogen) atoms. The average molecular weight is 235 g/mol. The number of piperidine rings is 1.